The molecule has 0 bridgehead atoms. The van der Waals surface area contributed by atoms with Crippen LogP contribution in [0.15, 0.2) is 0 Å². The number of nitrogens with one attached hydrogen (secondary N) is 1. The van der Waals surface area contributed by atoms with Crippen LogP contribution in [0.25, 0.3) is 0 Å². The van der Waals surface area contributed by atoms with Gasteiger partial charge in [0, 0.05) is 13.0 Å². The van der Waals surface area contributed by atoms with Crippen molar-refractivity contribution in [3.63, 3.8) is 0 Å². The third kappa shape index (κ3) is 7.55. The van der Waals surface area contributed by atoms with Gasteiger partial charge in [-0.3, -0.25) is 4.79 Å². The Morgan fingerprint density at radius 1 is 1.39 bits per heavy atom. The number of carbonyl (C=O) groups is 2. The average Bonchev–Trinajstić information content (AvgIpc) is 2.24. The van der Waals surface area contributed by atoms with Crippen molar-refractivity contribution >= 4 is 23.6 Å². The molecule has 6 heteroatoms. The average molecular weight is 277 g/mol. The van der Waals surface area contributed by atoms with Gasteiger partial charge in [-0.15, -0.1) is 0 Å². The molecule has 0 rings (SSSR count). The second-order valence-corrected chi connectivity index (χ2v) is 6.21. The molecule has 2 N–H and O–H groups in total. The van der Waals surface area contributed by atoms with Crippen molar-refractivity contribution in [2.75, 3.05) is 12.9 Å². The van der Waals surface area contributed by atoms with Crippen molar-refractivity contribution in [2.24, 2.45) is 0 Å². The van der Waals surface area contributed by atoms with Gasteiger partial charge < -0.3 is 15.2 Å². The van der Waals surface area contributed by atoms with Gasteiger partial charge in [0.1, 0.15) is 6.04 Å². The number of hydrogen-bond acceptors (Lipinski definition) is 4. The number of carboxylic acids is 1. The van der Waals surface area contributed by atoms with E-state index in [1.54, 1.807) is 6.92 Å². The van der Waals surface area contributed by atoms with Crippen LogP contribution in [0.2, 0.25) is 0 Å². The molecule has 0 radical (unpaired) electrons. The van der Waals surface area contributed by atoms with E-state index in [0.717, 1.165) is 0 Å². The zero-order valence-electron chi connectivity index (χ0n) is 11.6. The molecule has 2 unspecified atom stereocenters. The first kappa shape index (κ1) is 17.2. The van der Waals surface area contributed by atoms with Gasteiger partial charge >= 0.3 is 5.97 Å². The number of rotatable bonds is 7. The number of ether oxygens (including phenoxy) is 1. The van der Waals surface area contributed by atoms with E-state index in [1.807, 2.05) is 27.0 Å². The van der Waals surface area contributed by atoms with Gasteiger partial charge in [0.05, 0.1) is 10.9 Å². The normalized spacial score (nSPS) is 14.9. The number of carboxylic acid groups (broad SMARTS) is 1. The summed E-state index contributed by atoms with van der Waals surface area (Å²) < 4.78 is 5.46. The minimum atomic E-state index is -1.03. The molecule has 0 aromatic carbocycles. The first-order valence-corrected chi connectivity index (χ1v) is 7.16. The Kier molecular flexibility index (Phi) is 7.32. The Morgan fingerprint density at radius 2 is 1.94 bits per heavy atom. The summed E-state index contributed by atoms with van der Waals surface area (Å²) in [5.74, 6) is -1.29. The van der Waals surface area contributed by atoms with Gasteiger partial charge in [-0.05, 0) is 34.0 Å². The number of aliphatic carboxylic acids is 1. The first-order valence-electron chi connectivity index (χ1n) is 5.87. The molecule has 0 saturated carbocycles. The molecule has 0 saturated heterocycles. The highest BCUT2D eigenvalue weighted by Crippen LogP contribution is 2.09. The summed E-state index contributed by atoms with van der Waals surface area (Å²) in [6.45, 7) is 7.74. The van der Waals surface area contributed by atoms with Crippen LogP contribution in [0.5, 0.6) is 0 Å². The molecule has 0 spiro atoms. The predicted molar refractivity (Wildman–Crippen MR) is 72.9 cm³/mol. The highest BCUT2D eigenvalue weighted by Gasteiger charge is 2.23. The van der Waals surface area contributed by atoms with E-state index < -0.39 is 12.0 Å². The Labute approximate surface area is 113 Å². The fourth-order valence-electron chi connectivity index (χ4n) is 1.14. The van der Waals surface area contributed by atoms with Crippen molar-refractivity contribution in [1.82, 2.24) is 5.32 Å². The minimum Gasteiger partial charge on any atom is -0.480 e. The third-order valence-electron chi connectivity index (χ3n) is 2.28. The lowest BCUT2D eigenvalue weighted by Gasteiger charge is -2.22. The maximum Gasteiger partial charge on any atom is 0.326 e. The molecule has 0 fully saturated rings. The van der Waals surface area contributed by atoms with E-state index in [2.05, 4.69) is 5.32 Å². The number of hydrogen-bond donors (Lipinski definition) is 2. The predicted octanol–water partition coefficient (Wildman–Crippen LogP) is 1.51. The fourth-order valence-corrected chi connectivity index (χ4v) is 1.42. The molecule has 18 heavy (non-hydrogen) atoms. The first-order chi connectivity index (χ1) is 8.17. The molecule has 5 nitrogen and oxygen atoms in total. The third-order valence-corrected chi connectivity index (χ3v) is 3.20. The molecule has 106 valence electrons. The number of amides is 1. The standard InChI is InChI=1S/C12H23NO4S/c1-8(18-5)10(14)13-9(11(15)16)6-7-17-12(2,3)4/h8-9H,6-7H2,1-5H3,(H,13,14)(H,15,16). The Bertz CT molecular complexity index is 288. The quantitative estimate of drug-likeness (QED) is 0.738. The lowest BCUT2D eigenvalue weighted by Crippen LogP contribution is -2.44. The van der Waals surface area contributed by atoms with Crippen LogP contribution in [-0.2, 0) is 14.3 Å². The largest absolute Gasteiger partial charge is 0.480 e. The van der Waals surface area contributed by atoms with E-state index in [9.17, 15) is 9.59 Å². The Balaban J connectivity index is 4.24. The Hall–Kier alpha value is -0.750. The lowest BCUT2D eigenvalue weighted by atomic mass is 10.1. The van der Waals surface area contributed by atoms with Crippen molar-refractivity contribution in [3.8, 4) is 0 Å². The number of thioether (sulfide) groups is 1. The van der Waals surface area contributed by atoms with Crippen LogP contribution >= 0.6 is 11.8 Å². The SMILES string of the molecule is CSC(C)C(=O)NC(CCOC(C)(C)C)C(=O)O. The van der Waals surface area contributed by atoms with E-state index in [1.165, 1.54) is 11.8 Å². The fraction of sp³-hybridized carbons (Fsp3) is 0.833. The van der Waals surface area contributed by atoms with Crippen LogP contribution in [0.3, 0.4) is 0 Å². The maximum atomic E-state index is 11.6. The van der Waals surface area contributed by atoms with E-state index in [0.29, 0.717) is 6.61 Å². The van der Waals surface area contributed by atoms with Gasteiger partial charge in [0.15, 0.2) is 0 Å². The summed E-state index contributed by atoms with van der Waals surface area (Å²) >= 11 is 1.38. The molecule has 0 heterocycles. The van der Waals surface area contributed by atoms with Crippen LogP contribution in [0, 0.1) is 0 Å². The molecule has 0 aliphatic carbocycles. The molecule has 0 aliphatic rings. The number of carbonyl (C=O) groups excluding carboxylic acids is 1. The smallest absolute Gasteiger partial charge is 0.326 e. The van der Waals surface area contributed by atoms with Crippen molar-refractivity contribution in [2.45, 2.75) is 51.0 Å². The molecule has 2 atom stereocenters. The molecule has 0 aromatic heterocycles. The summed E-state index contributed by atoms with van der Waals surface area (Å²) in [5, 5.41) is 11.3. The summed E-state index contributed by atoms with van der Waals surface area (Å²) in [6.07, 6.45) is 2.07. The van der Waals surface area contributed by atoms with E-state index in [-0.39, 0.29) is 23.2 Å². The maximum absolute atomic E-state index is 11.6. The van der Waals surface area contributed by atoms with Crippen LogP contribution < -0.4 is 5.32 Å². The van der Waals surface area contributed by atoms with Crippen molar-refractivity contribution in [3.05, 3.63) is 0 Å². The van der Waals surface area contributed by atoms with Crippen LogP contribution in [-0.4, -0.2) is 46.7 Å². The molecule has 0 aromatic rings. The molecular formula is C12H23NO4S. The van der Waals surface area contributed by atoms with Crippen molar-refractivity contribution < 1.29 is 19.4 Å². The Morgan fingerprint density at radius 3 is 2.33 bits per heavy atom. The molecule has 0 aliphatic heterocycles. The zero-order chi connectivity index (χ0) is 14.3. The van der Waals surface area contributed by atoms with Crippen molar-refractivity contribution in [1.29, 1.82) is 0 Å². The second kappa shape index (κ2) is 7.63. The van der Waals surface area contributed by atoms with E-state index >= 15 is 0 Å². The van der Waals surface area contributed by atoms with Crippen LogP contribution in [0.4, 0.5) is 0 Å². The van der Waals surface area contributed by atoms with Gasteiger partial charge in [-0.1, -0.05) is 0 Å². The van der Waals surface area contributed by atoms with E-state index in [4.69, 9.17) is 9.84 Å². The molecule has 1 amide bonds. The zero-order valence-corrected chi connectivity index (χ0v) is 12.5. The highest BCUT2D eigenvalue weighted by atomic mass is 32.2. The summed E-state index contributed by atoms with van der Waals surface area (Å²) in [6, 6.07) is -0.894. The topological polar surface area (TPSA) is 75.6 Å². The lowest BCUT2D eigenvalue weighted by molar-refractivity contribution is -0.142. The van der Waals surface area contributed by atoms with Gasteiger partial charge in [0.25, 0.3) is 0 Å². The second-order valence-electron chi connectivity index (χ2n) is 5.03. The minimum absolute atomic E-state index is 0.254. The summed E-state index contributed by atoms with van der Waals surface area (Å²) in [7, 11) is 0. The highest BCUT2D eigenvalue weighted by molar-refractivity contribution is 7.99. The summed E-state index contributed by atoms with van der Waals surface area (Å²) in [5.41, 5.74) is -0.306. The van der Waals surface area contributed by atoms with Gasteiger partial charge in [-0.2, -0.15) is 11.8 Å². The monoisotopic (exact) mass is 277 g/mol. The molecular weight excluding hydrogens is 254 g/mol. The summed E-state index contributed by atoms with van der Waals surface area (Å²) in [4.78, 5) is 22.6. The van der Waals surface area contributed by atoms with Gasteiger partial charge in [-0.25, -0.2) is 4.79 Å². The van der Waals surface area contributed by atoms with Gasteiger partial charge in [0.2, 0.25) is 5.91 Å². The van der Waals surface area contributed by atoms with Crippen LogP contribution in [0.1, 0.15) is 34.1 Å².